The molecule has 9 heteroatoms. The van der Waals surface area contributed by atoms with Crippen molar-refractivity contribution in [1.29, 1.82) is 0 Å². The molecule has 2 aromatic heterocycles. The second-order valence-corrected chi connectivity index (χ2v) is 8.41. The Morgan fingerprint density at radius 2 is 2.10 bits per heavy atom. The smallest absolute Gasteiger partial charge is 0.275 e. The van der Waals surface area contributed by atoms with Crippen LogP contribution in [-0.2, 0) is 7.05 Å². The fourth-order valence-electron chi connectivity index (χ4n) is 4.06. The van der Waals surface area contributed by atoms with Gasteiger partial charge in [0.05, 0.1) is 30.7 Å². The third-order valence-corrected chi connectivity index (χ3v) is 5.94. The number of fused-ring (bicyclic) bond motifs is 1. The topological polar surface area (TPSA) is 97.2 Å². The maximum Gasteiger partial charge on any atom is 0.275 e. The minimum Gasteiger partial charge on any atom is -0.494 e. The fourth-order valence-corrected chi connectivity index (χ4v) is 4.06. The number of aryl methyl sites for hydroxylation is 1. The molecule has 3 heterocycles. The van der Waals surface area contributed by atoms with E-state index in [0.29, 0.717) is 17.4 Å². The summed E-state index contributed by atoms with van der Waals surface area (Å²) in [7, 11) is 3.42. The summed E-state index contributed by atoms with van der Waals surface area (Å²) in [5, 5.41) is 11.8. The van der Waals surface area contributed by atoms with Crippen molar-refractivity contribution < 1.29 is 9.53 Å². The van der Waals surface area contributed by atoms with Crippen molar-refractivity contribution in [2.45, 2.75) is 25.3 Å². The molecule has 3 aromatic rings. The van der Waals surface area contributed by atoms with Gasteiger partial charge in [-0.2, -0.15) is 5.10 Å². The number of hydrogen-bond acceptors (Lipinski definition) is 7. The molecule has 2 aliphatic rings. The van der Waals surface area contributed by atoms with Gasteiger partial charge in [-0.1, -0.05) is 0 Å². The Kier molecular flexibility index (Phi) is 5.19. The molecule has 5 rings (SSSR count). The van der Waals surface area contributed by atoms with Gasteiger partial charge in [0.15, 0.2) is 0 Å². The van der Waals surface area contributed by atoms with Gasteiger partial charge in [0.25, 0.3) is 5.91 Å². The van der Waals surface area contributed by atoms with E-state index in [9.17, 15) is 4.79 Å². The standard InChI is InChI=1S/C22H27N7O2/c1-28-13-15-7-18(20(31-2)8-17(15)27-28)26-22(30)19-10-25-21(11-24-19)29-6-5-14(12-29)9-23-16-3-4-16/h7-8,10-11,13-14,16,23H,3-6,9,12H2,1-2H3,(H,26,30)/t14-/m0/s1. The number of methoxy groups -OCH3 is 1. The summed E-state index contributed by atoms with van der Waals surface area (Å²) < 4.78 is 7.15. The molecule has 1 amide bonds. The van der Waals surface area contributed by atoms with Crippen LogP contribution >= 0.6 is 0 Å². The van der Waals surface area contributed by atoms with Crippen LogP contribution in [0.25, 0.3) is 10.9 Å². The van der Waals surface area contributed by atoms with Crippen LogP contribution in [0.15, 0.2) is 30.7 Å². The molecule has 0 unspecified atom stereocenters. The minimum absolute atomic E-state index is 0.267. The van der Waals surface area contributed by atoms with Gasteiger partial charge in [0, 0.05) is 43.8 Å². The first-order valence-corrected chi connectivity index (χ1v) is 10.7. The lowest BCUT2D eigenvalue weighted by molar-refractivity contribution is 0.102. The quantitative estimate of drug-likeness (QED) is 0.604. The molecular formula is C22H27N7O2. The summed E-state index contributed by atoms with van der Waals surface area (Å²) >= 11 is 0. The van der Waals surface area contributed by atoms with Crippen molar-refractivity contribution in [3.63, 3.8) is 0 Å². The van der Waals surface area contributed by atoms with E-state index < -0.39 is 0 Å². The van der Waals surface area contributed by atoms with E-state index in [1.807, 2.05) is 25.4 Å². The number of rotatable bonds is 7. The molecule has 1 atom stereocenters. The van der Waals surface area contributed by atoms with E-state index >= 15 is 0 Å². The summed E-state index contributed by atoms with van der Waals surface area (Å²) in [4.78, 5) is 23.9. The molecule has 1 saturated carbocycles. The summed E-state index contributed by atoms with van der Waals surface area (Å²) in [5.41, 5.74) is 1.64. The molecule has 162 valence electrons. The maximum atomic E-state index is 12.8. The Labute approximate surface area is 180 Å². The normalized spacial score (nSPS) is 18.5. The second kappa shape index (κ2) is 8.14. The number of nitrogens with zero attached hydrogens (tertiary/aromatic N) is 5. The Hall–Kier alpha value is -3.20. The van der Waals surface area contributed by atoms with Gasteiger partial charge in [-0.25, -0.2) is 9.97 Å². The summed E-state index contributed by atoms with van der Waals surface area (Å²) in [6, 6.07) is 4.40. The predicted molar refractivity (Wildman–Crippen MR) is 119 cm³/mol. The van der Waals surface area contributed by atoms with Gasteiger partial charge in [-0.3, -0.25) is 9.48 Å². The van der Waals surface area contributed by atoms with Crippen LogP contribution in [0.2, 0.25) is 0 Å². The number of nitrogens with one attached hydrogen (secondary N) is 2. The molecule has 0 bridgehead atoms. The highest BCUT2D eigenvalue weighted by molar-refractivity contribution is 6.04. The number of anilines is 2. The number of ether oxygens (including phenoxy) is 1. The van der Waals surface area contributed by atoms with Gasteiger partial charge in [-0.15, -0.1) is 0 Å². The largest absolute Gasteiger partial charge is 0.494 e. The molecule has 1 aromatic carbocycles. The van der Waals surface area contributed by atoms with Crippen molar-refractivity contribution in [3.05, 3.63) is 36.4 Å². The van der Waals surface area contributed by atoms with E-state index in [1.165, 1.54) is 19.0 Å². The Balaban J connectivity index is 1.24. The lowest BCUT2D eigenvalue weighted by atomic mass is 10.1. The fraction of sp³-hybridized carbons (Fsp3) is 0.455. The Morgan fingerprint density at radius 3 is 2.84 bits per heavy atom. The number of aromatic nitrogens is 4. The second-order valence-electron chi connectivity index (χ2n) is 8.41. The first-order valence-electron chi connectivity index (χ1n) is 10.7. The van der Waals surface area contributed by atoms with Crippen LogP contribution in [0.3, 0.4) is 0 Å². The van der Waals surface area contributed by atoms with Crippen LogP contribution in [-0.4, -0.2) is 58.4 Å². The van der Waals surface area contributed by atoms with Crippen molar-refractivity contribution >= 4 is 28.3 Å². The molecule has 1 aliphatic carbocycles. The van der Waals surface area contributed by atoms with E-state index in [0.717, 1.165) is 48.8 Å². The van der Waals surface area contributed by atoms with E-state index in [1.54, 1.807) is 18.0 Å². The molecule has 0 radical (unpaired) electrons. The molecular weight excluding hydrogens is 394 g/mol. The Morgan fingerprint density at radius 1 is 1.23 bits per heavy atom. The first kappa shape index (κ1) is 19.7. The van der Waals surface area contributed by atoms with Crippen molar-refractivity contribution in [2.24, 2.45) is 13.0 Å². The molecule has 9 nitrogen and oxygen atoms in total. The van der Waals surface area contributed by atoms with Crippen LogP contribution in [0.1, 0.15) is 29.8 Å². The predicted octanol–water partition coefficient (Wildman–Crippen LogP) is 2.20. The van der Waals surface area contributed by atoms with E-state index in [2.05, 4.69) is 30.6 Å². The molecule has 2 N–H and O–H groups in total. The minimum atomic E-state index is -0.325. The van der Waals surface area contributed by atoms with Crippen LogP contribution in [0, 0.1) is 5.92 Å². The van der Waals surface area contributed by atoms with E-state index in [4.69, 9.17) is 4.74 Å². The average molecular weight is 422 g/mol. The number of benzene rings is 1. The van der Waals surface area contributed by atoms with E-state index in [-0.39, 0.29) is 11.6 Å². The van der Waals surface area contributed by atoms with Crippen LogP contribution < -0.4 is 20.3 Å². The van der Waals surface area contributed by atoms with Crippen molar-refractivity contribution in [3.8, 4) is 5.75 Å². The van der Waals surface area contributed by atoms with Gasteiger partial charge in [0.2, 0.25) is 0 Å². The summed E-state index contributed by atoms with van der Waals surface area (Å²) in [6.45, 7) is 3.01. The molecule has 0 spiro atoms. The highest BCUT2D eigenvalue weighted by atomic mass is 16.5. The maximum absolute atomic E-state index is 12.8. The average Bonchev–Trinajstić information content (AvgIpc) is 3.36. The third kappa shape index (κ3) is 4.32. The zero-order valence-electron chi connectivity index (χ0n) is 17.8. The first-order chi connectivity index (χ1) is 15.1. The van der Waals surface area contributed by atoms with Gasteiger partial charge in [-0.05, 0) is 37.8 Å². The molecule has 1 saturated heterocycles. The highest BCUT2D eigenvalue weighted by Gasteiger charge is 2.27. The highest BCUT2D eigenvalue weighted by Crippen LogP contribution is 2.30. The number of carbonyl (C=O) groups excluding carboxylic acids is 1. The zero-order chi connectivity index (χ0) is 21.4. The van der Waals surface area contributed by atoms with Crippen LogP contribution in [0.5, 0.6) is 5.75 Å². The third-order valence-electron chi connectivity index (χ3n) is 5.94. The Bertz CT molecular complexity index is 1090. The van der Waals surface area contributed by atoms with Gasteiger partial charge >= 0.3 is 0 Å². The number of amides is 1. The number of hydrogen-bond donors (Lipinski definition) is 2. The summed E-state index contributed by atoms with van der Waals surface area (Å²) in [5.74, 6) is 1.68. The SMILES string of the molecule is COc1cc2nn(C)cc2cc1NC(=O)c1cnc(N2CC[C@@H](CNC3CC3)C2)cn1. The molecule has 2 fully saturated rings. The number of carbonyl (C=O) groups is 1. The zero-order valence-corrected chi connectivity index (χ0v) is 17.8. The molecule has 1 aliphatic heterocycles. The lowest BCUT2D eigenvalue weighted by Gasteiger charge is -2.17. The van der Waals surface area contributed by atoms with Gasteiger partial charge in [0.1, 0.15) is 17.3 Å². The lowest BCUT2D eigenvalue weighted by Crippen LogP contribution is -2.28. The monoisotopic (exact) mass is 421 g/mol. The van der Waals surface area contributed by atoms with Crippen molar-refractivity contribution in [2.75, 3.05) is 37.0 Å². The van der Waals surface area contributed by atoms with Gasteiger partial charge < -0.3 is 20.3 Å². The molecule has 31 heavy (non-hydrogen) atoms. The summed E-state index contributed by atoms with van der Waals surface area (Å²) in [6.07, 6.45) is 8.90. The van der Waals surface area contributed by atoms with Crippen LogP contribution in [0.4, 0.5) is 11.5 Å². The van der Waals surface area contributed by atoms with Crippen molar-refractivity contribution in [1.82, 2.24) is 25.1 Å².